The molecule has 122 valence electrons. The molecule has 0 saturated carbocycles. The molecule has 0 aliphatic carbocycles. The lowest BCUT2D eigenvalue weighted by Gasteiger charge is -2.30. The molecule has 1 unspecified atom stereocenters. The molecule has 2 aliphatic heterocycles. The van der Waals surface area contributed by atoms with Gasteiger partial charge in [-0.05, 0) is 32.2 Å². The fraction of sp³-hybridized carbons (Fsp3) is 0.800. The van der Waals surface area contributed by atoms with Crippen molar-refractivity contribution in [3.05, 3.63) is 11.7 Å². The summed E-state index contributed by atoms with van der Waals surface area (Å²) in [5.41, 5.74) is 0. The maximum absolute atomic E-state index is 11.8. The zero-order chi connectivity index (χ0) is 15.4. The number of rotatable bonds is 4. The van der Waals surface area contributed by atoms with Crippen molar-refractivity contribution in [3.63, 3.8) is 0 Å². The Morgan fingerprint density at radius 2 is 2.18 bits per heavy atom. The number of ether oxygens (including phenoxy) is 1. The van der Waals surface area contributed by atoms with E-state index >= 15 is 0 Å². The van der Waals surface area contributed by atoms with Gasteiger partial charge in [-0.3, -0.25) is 9.69 Å². The summed E-state index contributed by atoms with van der Waals surface area (Å²) in [5.74, 6) is 1.98. The van der Waals surface area contributed by atoms with Gasteiger partial charge in [-0.1, -0.05) is 5.16 Å². The van der Waals surface area contributed by atoms with Crippen LogP contribution in [0.1, 0.15) is 43.3 Å². The Labute approximate surface area is 130 Å². The molecule has 0 aromatic carbocycles. The minimum atomic E-state index is 0.0700. The van der Waals surface area contributed by atoms with Gasteiger partial charge in [0.1, 0.15) is 0 Å². The van der Waals surface area contributed by atoms with Crippen LogP contribution >= 0.6 is 0 Å². The topological polar surface area (TPSA) is 80.5 Å². The van der Waals surface area contributed by atoms with Gasteiger partial charge >= 0.3 is 0 Å². The molecule has 1 N–H and O–H groups in total. The normalized spacial score (nSPS) is 24.3. The van der Waals surface area contributed by atoms with E-state index in [0.717, 1.165) is 63.7 Å². The first-order valence-corrected chi connectivity index (χ1v) is 8.10. The Hall–Kier alpha value is -1.47. The van der Waals surface area contributed by atoms with Crippen molar-refractivity contribution in [2.45, 2.75) is 38.1 Å². The second-order valence-corrected chi connectivity index (χ2v) is 6.12. The first-order chi connectivity index (χ1) is 10.8. The highest BCUT2D eigenvalue weighted by atomic mass is 16.5. The van der Waals surface area contributed by atoms with Gasteiger partial charge in [-0.2, -0.15) is 4.98 Å². The average molecular weight is 308 g/mol. The largest absolute Gasteiger partial charge is 0.381 e. The maximum atomic E-state index is 11.8. The van der Waals surface area contributed by atoms with E-state index in [-0.39, 0.29) is 11.8 Å². The first-order valence-electron chi connectivity index (χ1n) is 8.10. The second-order valence-electron chi connectivity index (χ2n) is 6.12. The second kappa shape index (κ2) is 7.19. The SMILES string of the molecule is CNC(=O)C1CCCN(Cc2noc(C3CCOCC3)n2)C1. The summed E-state index contributed by atoms with van der Waals surface area (Å²) < 4.78 is 10.8. The fourth-order valence-corrected chi connectivity index (χ4v) is 3.26. The van der Waals surface area contributed by atoms with Gasteiger partial charge in [0.2, 0.25) is 11.8 Å². The third-order valence-electron chi connectivity index (χ3n) is 4.54. The lowest BCUT2D eigenvalue weighted by atomic mass is 9.97. The van der Waals surface area contributed by atoms with Gasteiger partial charge in [-0.25, -0.2) is 0 Å². The zero-order valence-electron chi connectivity index (χ0n) is 13.1. The van der Waals surface area contributed by atoms with Crippen LogP contribution in [0.5, 0.6) is 0 Å². The molecule has 1 amide bonds. The van der Waals surface area contributed by atoms with Crippen molar-refractivity contribution >= 4 is 5.91 Å². The Bertz CT molecular complexity index is 499. The van der Waals surface area contributed by atoms with Gasteiger partial charge < -0.3 is 14.6 Å². The number of nitrogens with zero attached hydrogens (tertiary/aromatic N) is 3. The number of hydrogen-bond acceptors (Lipinski definition) is 6. The van der Waals surface area contributed by atoms with Gasteiger partial charge in [0.05, 0.1) is 12.5 Å². The predicted molar refractivity (Wildman–Crippen MR) is 79.2 cm³/mol. The minimum Gasteiger partial charge on any atom is -0.381 e. The Kier molecular flexibility index (Phi) is 5.04. The highest BCUT2D eigenvalue weighted by Crippen LogP contribution is 2.25. The van der Waals surface area contributed by atoms with Crippen molar-refractivity contribution in [3.8, 4) is 0 Å². The summed E-state index contributed by atoms with van der Waals surface area (Å²) in [7, 11) is 1.70. The van der Waals surface area contributed by atoms with E-state index in [2.05, 4.69) is 20.4 Å². The summed E-state index contributed by atoms with van der Waals surface area (Å²) in [6.45, 7) is 3.93. The molecule has 1 aromatic heterocycles. The maximum Gasteiger partial charge on any atom is 0.229 e. The van der Waals surface area contributed by atoms with E-state index in [0.29, 0.717) is 12.5 Å². The molecule has 1 aromatic rings. The molecule has 22 heavy (non-hydrogen) atoms. The molecule has 0 spiro atoms. The number of carbonyl (C=O) groups is 1. The molecule has 3 heterocycles. The van der Waals surface area contributed by atoms with Crippen molar-refractivity contribution in [1.29, 1.82) is 0 Å². The molecule has 1 atom stereocenters. The molecule has 0 bridgehead atoms. The van der Waals surface area contributed by atoms with Crippen LogP contribution < -0.4 is 5.32 Å². The van der Waals surface area contributed by atoms with Crippen molar-refractivity contribution in [2.24, 2.45) is 5.92 Å². The van der Waals surface area contributed by atoms with Gasteiger partial charge in [0.15, 0.2) is 5.82 Å². The summed E-state index contributed by atoms with van der Waals surface area (Å²) in [5, 5.41) is 6.85. The number of carbonyl (C=O) groups excluding carboxylic acids is 1. The van der Waals surface area contributed by atoms with Crippen LogP contribution in [-0.2, 0) is 16.1 Å². The number of amides is 1. The van der Waals surface area contributed by atoms with Crippen molar-refractivity contribution in [2.75, 3.05) is 33.4 Å². The highest BCUT2D eigenvalue weighted by molar-refractivity contribution is 5.78. The Morgan fingerprint density at radius 3 is 2.95 bits per heavy atom. The molecule has 2 saturated heterocycles. The van der Waals surface area contributed by atoms with Gasteiger partial charge in [0, 0.05) is 32.7 Å². The number of likely N-dealkylation sites (tertiary alicyclic amines) is 1. The van der Waals surface area contributed by atoms with E-state index in [1.165, 1.54) is 0 Å². The summed E-state index contributed by atoms with van der Waals surface area (Å²) in [6.07, 6.45) is 3.88. The highest BCUT2D eigenvalue weighted by Gasteiger charge is 2.27. The average Bonchev–Trinajstić information content (AvgIpc) is 3.03. The lowest BCUT2D eigenvalue weighted by molar-refractivity contribution is -0.126. The Morgan fingerprint density at radius 1 is 1.36 bits per heavy atom. The van der Waals surface area contributed by atoms with E-state index in [9.17, 15) is 4.79 Å². The summed E-state index contributed by atoms with van der Waals surface area (Å²) >= 11 is 0. The van der Waals surface area contributed by atoms with Crippen LogP contribution in [0.15, 0.2) is 4.52 Å². The number of aromatic nitrogens is 2. The van der Waals surface area contributed by atoms with Crippen LogP contribution in [0.3, 0.4) is 0 Å². The van der Waals surface area contributed by atoms with Crippen molar-refractivity contribution < 1.29 is 14.1 Å². The molecule has 2 aliphatic rings. The third-order valence-corrected chi connectivity index (χ3v) is 4.54. The molecule has 0 radical (unpaired) electrons. The molecule has 7 nitrogen and oxygen atoms in total. The van der Waals surface area contributed by atoms with Crippen molar-refractivity contribution in [1.82, 2.24) is 20.4 Å². The molecular formula is C15H24N4O3. The number of hydrogen-bond donors (Lipinski definition) is 1. The lowest BCUT2D eigenvalue weighted by Crippen LogP contribution is -2.41. The molecular weight excluding hydrogens is 284 g/mol. The molecule has 2 fully saturated rings. The Balaban J connectivity index is 1.56. The first kappa shape index (κ1) is 15.4. The predicted octanol–water partition coefficient (Wildman–Crippen LogP) is 0.922. The monoisotopic (exact) mass is 308 g/mol. The zero-order valence-corrected chi connectivity index (χ0v) is 13.1. The van der Waals surface area contributed by atoms with Crippen LogP contribution in [0, 0.1) is 5.92 Å². The van der Waals surface area contributed by atoms with Crippen LogP contribution in [0.2, 0.25) is 0 Å². The van der Waals surface area contributed by atoms with E-state index in [1.807, 2.05) is 0 Å². The van der Waals surface area contributed by atoms with Gasteiger partial charge in [0.25, 0.3) is 0 Å². The van der Waals surface area contributed by atoms with Gasteiger partial charge in [-0.15, -0.1) is 0 Å². The molecule has 7 heteroatoms. The summed E-state index contributed by atoms with van der Waals surface area (Å²) in [4.78, 5) is 18.6. The number of piperidine rings is 1. The quantitative estimate of drug-likeness (QED) is 0.891. The van der Waals surface area contributed by atoms with E-state index in [1.54, 1.807) is 7.05 Å². The summed E-state index contributed by atoms with van der Waals surface area (Å²) in [6, 6.07) is 0. The van der Waals surface area contributed by atoms with Crippen LogP contribution in [0.25, 0.3) is 0 Å². The smallest absolute Gasteiger partial charge is 0.229 e. The van der Waals surface area contributed by atoms with E-state index in [4.69, 9.17) is 9.26 Å². The van der Waals surface area contributed by atoms with Crippen LogP contribution in [0.4, 0.5) is 0 Å². The fourth-order valence-electron chi connectivity index (χ4n) is 3.26. The standard InChI is InChI=1S/C15H24N4O3/c1-16-14(20)12-3-2-6-19(9-12)10-13-17-15(22-18-13)11-4-7-21-8-5-11/h11-12H,2-10H2,1H3,(H,16,20). The third kappa shape index (κ3) is 3.64. The van der Waals surface area contributed by atoms with Crippen LogP contribution in [-0.4, -0.2) is 54.3 Å². The minimum absolute atomic E-state index is 0.0700. The number of nitrogens with one attached hydrogen (secondary N) is 1. The molecule has 3 rings (SSSR count). The van der Waals surface area contributed by atoms with E-state index < -0.39 is 0 Å².